The molecule has 1 aromatic carbocycles. The molecule has 0 saturated carbocycles. The maximum atomic E-state index is 7.49. The van der Waals surface area contributed by atoms with Crippen LogP contribution in [-0.2, 0) is 0 Å². The lowest BCUT2D eigenvalue weighted by molar-refractivity contribution is 0.281. The molecule has 0 amide bonds. The number of amidine groups is 1. The van der Waals surface area contributed by atoms with Gasteiger partial charge in [0.2, 0.25) is 0 Å². The lowest BCUT2D eigenvalue weighted by Crippen LogP contribution is -2.17. The quantitative estimate of drug-likeness (QED) is 0.480. The first kappa shape index (κ1) is 14.0. The molecule has 0 aliphatic carbocycles. The summed E-state index contributed by atoms with van der Waals surface area (Å²) in [5.74, 6) is 0.688. The van der Waals surface area contributed by atoms with Crippen LogP contribution >= 0.6 is 15.9 Å². The number of benzene rings is 1. The van der Waals surface area contributed by atoms with Gasteiger partial charge in [-0.05, 0) is 38.7 Å². The van der Waals surface area contributed by atoms with Crippen molar-refractivity contribution in [3.05, 3.63) is 28.2 Å². The maximum Gasteiger partial charge on any atom is 0.130 e. The molecule has 0 aliphatic heterocycles. The molecule has 17 heavy (non-hydrogen) atoms. The molecule has 0 unspecified atom stereocenters. The second-order valence-corrected chi connectivity index (χ2v) is 4.98. The van der Waals surface area contributed by atoms with Crippen molar-refractivity contribution in [2.75, 3.05) is 27.2 Å². The molecule has 0 aliphatic rings. The van der Waals surface area contributed by atoms with Crippen molar-refractivity contribution >= 4 is 21.8 Å². The van der Waals surface area contributed by atoms with Crippen LogP contribution in [0.4, 0.5) is 0 Å². The molecule has 0 bridgehead atoms. The van der Waals surface area contributed by atoms with Crippen LogP contribution in [0.15, 0.2) is 22.7 Å². The second-order valence-electron chi connectivity index (χ2n) is 4.06. The average molecular weight is 300 g/mol. The Morgan fingerprint density at radius 3 is 2.76 bits per heavy atom. The van der Waals surface area contributed by atoms with Crippen LogP contribution in [0.3, 0.4) is 0 Å². The van der Waals surface area contributed by atoms with E-state index in [0.717, 1.165) is 17.4 Å². The lowest BCUT2D eigenvalue weighted by atomic mass is 10.2. The van der Waals surface area contributed by atoms with Gasteiger partial charge in [0.05, 0.1) is 12.2 Å². The Morgan fingerprint density at radius 2 is 2.18 bits per heavy atom. The lowest BCUT2D eigenvalue weighted by Gasteiger charge is -2.13. The molecule has 0 radical (unpaired) electrons. The van der Waals surface area contributed by atoms with E-state index in [2.05, 4.69) is 20.8 Å². The van der Waals surface area contributed by atoms with Gasteiger partial charge in [-0.3, -0.25) is 5.41 Å². The molecule has 0 atom stereocenters. The SMILES string of the molecule is CN(C)CCCOc1ccc(Br)cc1C(=N)N. The summed E-state index contributed by atoms with van der Waals surface area (Å²) in [5.41, 5.74) is 6.14. The first-order valence-electron chi connectivity index (χ1n) is 5.42. The third-order valence-electron chi connectivity index (χ3n) is 2.24. The Bertz CT molecular complexity index is 393. The second kappa shape index (κ2) is 6.61. The molecule has 3 N–H and O–H groups in total. The van der Waals surface area contributed by atoms with Crippen LogP contribution in [-0.4, -0.2) is 38.0 Å². The number of nitrogens with one attached hydrogen (secondary N) is 1. The standard InChI is InChI=1S/C12H18BrN3O/c1-16(2)6-3-7-17-11-5-4-9(13)8-10(11)12(14)15/h4-5,8H,3,6-7H2,1-2H3,(H3,14,15). The van der Waals surface area contributed by atoms with Gasteiger partial charge in [-0.25, -0.2) is 0 Å². The zero-order chi connectivity index (χ0) is 12.8. The number of ether oxygens (including phenoxy) is 1. The largest absolute Gasteiger partial charge is 0.493 e. The molecule has 0 saturated heterocycles. The Labute approximate surface area is 110 Å². The Morgan fingerprint density at radius 1 is 1.47 bits per heavy atom. The molecule has 1 aromatic rings. The summed E-state index contributed by atoms with van der Waals surface area (Å²) in [7, 11) is 4.06. The van der Waals surface area contributed by atoms with E-state index in [0.29, 0.717) is 17.9 Å². The maximum absolute atomic E-state index is 7.49. The molecular weight excluding hydrogens is 282 g/mol. The number of rotatable bonds is 6. The zero-order valence-corrected chi connectivity index (χ0v) is 11.8. The van der Waals surface area contributed by atoms with Gasteiger partial charge in [-0.2, -0.15) is 0 Å². The summed E-state index contributed by atoms with van der Waals surface area (Å²) in [6, 6.07) is 5.51. The number of halogens is 1. The van der Waals surface area contributed by atoms with E-state index in [9.17, 15) is 0 Å². The van der Waals surface area contributed by atoms with Crippen LogP contribution in [0.5, 0.6) is 5.75 Å². The third kappa shape index (κ3) is 4.75. The van der Waals surface area contributed by atoms with E-state index in [1.54, 1.807) is 6.07 Å². The van der Waals surface area contributed by atoms with Gasteiger partial charge < -0.3 is 15.4 Å². The van der Waals surface area contributed by atoms with E-state index in [4.69, 9.17) is 15.9 Å². The van der Waals surface area contributed by atoms with E-state index in [1.807, 2.05) is 26.2 Å². The van der Waals surface area contributed by atoms with Crippen molar-refractivity contribution in [3.63, 3.8) is 0 Å². The molecule has 5 heteroatoms. The van der Waals surface area contributed by atoms with E-state index >= 15 is 0 Å². The molecule has 1 rings (SSSR count). The van der Waals surface area contributed by atoms with Gasteiger partial charge in [0.25, 0.3) is 0 Å². The highest BCUT2D eigenvalue weighted by Crippen LogP contribution is 2.22. The zero-order valence-electron chi connectivity index (χ0n) is 10.2. The summed E-state index contributed by atoms with van der Waals surface area (Å²) in [6.07, 6.45) is 0.945. The molecular formula is C12H18BrN3O. The first-order chi connectivity index (χ1) is 8.00. The normalized spacial score (nSPS) is 10.6. The van der Waals surface area contributed by atoms with Crippen LogP contribution in [0.1, 0.15) is 12.0 Å². The summed E-state index contributed by atoms with van der Waals surface area (Å²) in [4.78, 5) is 2.11. The van der Waals surface area contributed by atoms with Crippen LogP contribution in [0.2, 0.25) is 0 Å². The van der Waals surface area contributed by atoms with Gasteiger partial charge in [0, 0.05) is 11.0 Å². The van der Waals surface area contributed by atoms with Gasteiger partial charge >= 0.3 is 0 Å². The number of nitrogen functional groups attached to an aromatic ring is 1. The highest BCUT2D eigenvalue weighted by Gasteiger charge is 2.07. The van der Waals surface area contributed by atoms with E-state index in [1.165, 1.54) is 0 Å². The summed E-state index contributed by atoms with van der Waals surface area (Å²) in [6.45, 7) is 1.60. The first-order valence-corrected chi connectivity index (χ1v) is 6.21. The Hall–Kier alpha value is -1.07. The fourth-order valence-electron chi connectivity index (χ4n) is 1.40. The minimum Gasteiger partial charge on any atom is -0.493 e. The molecule has 4 nitrogen and oxygen atoms in total. The fraction of sp³-hybridized carbons (Fsp3) is 0.417. The summed E-state index contributed by atoms with van der Waals surface area (Å²) in [5, 5.41) is 7.49. The van der Waals surface area contributed by atoms with Crippen molar-refractivity contribution < 1.29 is 4.74 Å². The monoisotopic (exact) mass is 299 g/mol. The van der Waals surface area contributed by atoms with Crippen LogP contribution < -0.4 is 10.5 Å². The van der Waals surface area contributed by atoms with Gasteiger partial charge in [0.15, 0.2) is 0 Å². The molecule has 0 aromatic heterocycles. The molecule has 0 spiro atoms. The van der Waals surface area contributed by atoms with E-state index in [-0.39, 0.29) is 5.84 Å². The Balaban J connectivity index is 2.61. The van der Waals surface area contributed by atoms with Crippen molar-refractivity contribution in [2.24, 2.45) is 5.73 Å². The highest BCUT2D eigenvalue weighted by atomic mass is 79.9. The number of hydrogen-bond acceptors (Lipinski definition) is 3. The average Bonchev–Trinajstić information content (AvgIpc) is 2.25. The van der Waals surface area contributed by atoms with Crippen LogP contribution in [0, 0.1) is 5.41 Å². The predicted octanol–water partition coefficient (Wildman–Crippen LogP) is 2.06. The van der Waals surface area contributed by atoms with Crippen LogP contribution in [0.25, 0.3) is 0 Å². The number of hydrogen-bond donors (Lipinski definition) is 2. The minimum atomic E-state index is 0.0221. The number of nitrogens with two attached hydrogens (primary N) is 1. The van der Waals surface area contributed by atoms with Crippen molar-refractivity contribution in [3.8, 4) is 5.75 Å². The van der Waals surface area contributed by atoms with Crippen molar-refractivity contribution in [1.29, 1.82) is 5.41 Å². The highest BCUT2D eigenvalue weighted by molar-refractivity contribution is 9.10. The minimum absolute atomic E-state index is 0.0221. The fourth-order valence-corrected chi connectivity index (χ4v) is 1.76. The molecule has 0 heterocycles. The van der Waals surface area contributed by atoms with Gasteiger partial charge in [-0.15, -0.1) is 0 Å². The van der Waals surface area contributed by atoms with Gasteiger partial charge in [-0.1, -0.05) is 15.9 Å². The topological polar surface area (TPSA) is 62.3 Å². The third-order valence-corrected chi connectivity index (χ3v) is 2.73. The van der Waals surface area contributed by atoms with Gasteiger partial charge in [0.1, 0.15) is 11.6 Å². The molecule has 0 fully saturated rings. The summed E-state index contributed by atoms with van der Waals surface area (Å²) < 4.78 is 6.53. The van der Waals surface area contributed by atoms with E-state index < -0.39 is 0 Å². The smallest absolute Gasteiger partial charge is 0.130 e. The number of nitrogens with zero attached hydrogens (tertiary/aromatic N) is 1. The Kier molecular flexibility index (Phi) is 5.44. The summed E-state index contributed by atoms with van der Waals surface area (Å²) >= 11 is 3.35. The molecule has 94 valence electrons. The predicted molar refractivity (Wildman–Crippen MR) is 73.8 cm³/mol. The van der Waals surface area contributed by atoms with Crippen molar-refractivity contribution in [1.82, 2.24) is 4.90 Å². The van der Waals surface area contributed by atoms with Crippen molar-refractivity contribution in [2.45, 2.75) is 6.42 Å².